The predicted molar refractivity (Wildman–Crippen MR) is 120 cm³/mol. The topological polar surface area (TPSA) is 65.5 Å². The molecule has 2 aromatic carbocycles. The Morgan fingerprint density at radius 2 is 1.84 bits per heavy atom. The van der Waals surface area contributed by atoms with E-state index in [0.29, 0.717) is 37.6 Å². The SMILES string of the molecule is Cc1ccc(-c2nc(C(=O)N3CCN(CC(=O)Nc4cccc(F)c4)CC3)cs2)cc1. The Kier molecular flexibility index (Phi) is 6.39. The third-order valence-corrected chi connectivity index (χ3v) is 6.05. The van der Waals surface area contributed by atoms with E-state index in [1.165, 1.54) is 29.0 Å². The Morgan fingerprint density at radius 1 is 1.10 bits per heavy atom. The lowest BCUT2D eigenvalue weighted by Crippen LogP contribution is -2.50. The highest BCUT2D eigenvalue weighted by atomic mass is 32.1. The maximum Gasteiger partial charge on any atom is 0.273 e. The van der Waals surface area contributed by atoms with Gasteiger partial charge in [0.15, 0.2) is 0 Å². The first-order chi connectivity index (χ1) is 15.0. The second-order valence-electron chi connectivity index (χ2n) is 7.53. The minimum Gasteiger partial charge on any atom is -0.335 e. The van der Waals surface area contributed by atoms with Gasteiger partial charge < -0.3 is 10.2 Å². The average molecular weight is 439 g/mol. The average Bonchev–Trinajstić information content (AvgIpc) is 3.24. The highest BCUT2D eigenvalue weighted by molar-refractivity contribution is 7.13. The number of hydrogen-bond donors (Lipinski definition) is 1. The number of hydrogen-bond acceptors (Lipinski definition) is 5. The van der Waals surface area contributed by atoms with Crippen LogP contribution in [0.1, 0.15) is 16.1 Å². The summed E-state index contributed by atoms with van der Waals surface area (Å²) in [6, 6.07) is 13.9. The molecule has 31 heavy (non-hydrogen) atoms. The van der Waals surface area contributed by atoms with Crippen molar-refractivity contribution in [1.82, 2.24) is 14.8 Å². The zero-order valence-corrected chi connectivity index (χ0v) is 18.0. The molecule has 1 fully saturated rings. The van der Waals surface area contributed by atoms with Gasteiger partial charge in [-0.1, -0.05) is 35.9 Å². The second kappa shape index (κ2) is 9.36. The van der Waals surface area contributed by atoms with E-state index in [1.807, 2.05) is 36.1 Å². The maximum absolute atomic E-state index is 13.2. The van der Waals surface area contributed by atoms with E-state index in [9.17, 15) is 14.0 Å². The molecule has 1 aliphatic heterocycles. The number of aromatic nitrogens is 1. The molecular formula is C23H23FN4O2S. The van der Waals surface area contributed by atoms with Crippen LogP contribution in [-0.2, 0) is 4.79 Å². The van der Waals surface area contributed by atoms with Crippen LogP contribution in [0.5, 0.6) is 0 Å². The van der Waals surface area contributed by atoms with E-state index < -0.39 is 5.82 Å². The summed E-state index contributed by atoms with van der Waals surface area (Å²) < 4.78 is 13.2. The van der Waals surface area contributed by atoms with Crippen LogP contribution in [0.2, 0.25) is 0 Å². The summed E-state index contributed by atoms with van der Waals surface area (Å²) in [5, 5.41) is 5.33. The number of nitrogens with zero attached hydrogens (tertiary/aromatic N) is 3. The van der Waals surface area contributed by atoms with Crippen molar-refractivity contribution in [1.29, 1.82) is 0 Å². The van der Waals surface area contributed by atoms with Gasteiger partial charge in [-0.05, 0) is 25.1 Å². The van der Waals surface area contributed by atoms with Gasteiger partial charge in [-0.25, -0.2) is 9.37 Å². The number of halogens is 1. The number of carbonyl (C=O) groups excluding carboxylic acids is 2. The molecule has 3 aromatic rings. The molecule has 1 aromatic heterocycles. The number of piperazine rings is 1. The Hall–Kier alpha value is -3.10. The monoisotopic (exact) mass is 438 g/mol. The summed E-state index contributed by atoms with van der Waals surface area (Å²) in [5.74, 6) is -0.677. The fraction of sp³-hybridized carbons (Fsp3) is 0.261. The van der Waals surface area contributed by atoms with Gasteiger partial charge in [0.05, 0.1) is 6.54 Å². The molecule has 0 aliphatic carbocycles. The molecule has 6 nitrogen and oxygen atoms in total. The van der Waals surface area contributed by atoms with Crippen molar-refractivity contribution in [2.45, 2.75) is 6.92 Å². The summed E-state index contributed by atoms with van der Waals surface area (Å²) in [4.78, 5) is 33.3. The molecule has 4 rings (SSSR count). The van der Waals surface area contributed by atoms with Crippen molar-refractivity contribution in [3.05, 3.63) is 71.0 Å². The number of amides is 2. The lowest BCUT2D eigenvalue weighted by Gasteiger charge is -2.33. The molecule has 0 radical (unpaired) electrons. The van der Waals surface area contributed by atoms with E-state index >= 15 is 0 Å². The molecule has 2 amide bonds. The molecule has 1 aliphatic rings. The molecule has 0 unspecified atom stereocenters. The molecule has 0 bridgehead atoms. The lowest BCUT2D eigenvalue weighted by atomic mass is 10.2. The third-order valence-electron chi connectivity index (χ3n) is 5.16. The van der Waals surface area contributed by atoms with Gasteiger partial charge in [-0.2, -0.15) is 0 Å². The molecular weight excluding hydrogens is 415 g/mol. The van der Waals surface area contributed by atoms with Crippen molar-refractivity contribution < 1.29 is 14.0 Å². The highest BCUT2D eigenvalue weighted by Crippen LogP contribution is 2.24. The Bertz CT molecular complexity index is 1080. The van der Waals surface area contributed by atoms with E-state index in [2.05, 4.69) is 10.3 Å². The minimum atomic E-state index is -0.391. The largest absolute Gasteiger partial charge is 0.335 e. The van der Waals surface area contributed by atoms with Crippen LogP contribution >= 0.6 is 11.3 Å². The standard InChI is InChI=1S/C23H23FN4O2S/c1-16-5-7-17(8-6-16)22-26-20(15-31-22)23(30)28-11-9-27(10-12-28)14-21(29)25-19-4-2-3-18(24)13-19/h2-8,13,15H,9-12,14H2,1H3,(H,25,29). The third kappa shape index (κ3) is 5.34. The Balaban J connectivity index is 1.29. The Morgan fingerprint density at radius 3 is 2.55 bits per heavy atom. The summed E-state index contributed by atoms with van der Waals surface area (Å²) in [6.45, 7) is 4.49. The summed E-state index contributed by atoms with van der Waals surface area (Å²) in [5.41, 5.74) is 3.08. The summed E-state index contributed by atoms with van der Waals surface area (Å²) >= 11 is 1.46. The summed E-state index contributed by atoms with van der Waals surface area (Å²) in [7, 11) is 0. The first-order valence-corrected chi connectivity index (χ1v) is 11.0. The number of benzene rings is 2. The van der Waals surface area contributed by atoms with Crippen molar-refractivity contribution >= 4 is 28.8 Å². The smallest absolute Gasteiger partial charge is 0.273 e. The van der Waals surface area contributed by atoms with E-state index in [-0.39, 0.29) is 18.4 Å². The fourth-order valence-electron chi connectivity index (χ4n) is 3.44. The predicted octanol–water partition coefficient (Wildman–Crippen LogP) is 3.65. The first kappa shape index (κ1) is 21.1. The number of nitrogens with one attached hydrogen (secondary N) is 1. The molecule has 160 valence electrons. The molecule has 0 spiro atoms. The van der Waals surface area contributed by atoms with Crippen molar-refractivity contribution in [2.75, 3.05) is 38.0 Å². The molecule has 0 atom stereocenters. The fourth-order valence-corrected chi connectivity index (χ4v) is 4.24. The molecule has 1 N–H and O–H groups in total. The normalized spacial score (nSPS) is 14.5. The van der Waals surface area contributed by atoms with Crippen LogP contribution < -0.4 is 5.32 Å². The van der Waals surface area contributed by atoms with Gasteiger partial charge in [0.1, 0.15) is 16.5 Å². The Labute approximate surface area is 184 Å². The molecule has 8 heteroatoms. The van der Waals surface area contributed by atoms with Gasteiger partial charge in [0.25, 0.3) is 5.91 Å². The van der Waals surface area contributed by atoms with Crippen molar-refractivity contribution in [3.63, 3.8) is 0 Å². The highest BCUT2D eigenvalue weighted by Gasteiger charge is 2.25. The molecule has 0 saturated carbocycles. The van der Waals surface area contributed by atoms with Gasteiger partial charge >= 0.3 is 0 Å². The zero-order valence-electron chi connectivity index (χ0n) is 17.2. The van der Waals surface area contributed by atoms with Gasteiger partial charge in [0.2, 0.25) is 5.91 Å². The van der Waals surface area contributed by atoms with Crippen molar-refractivity contribution in [3.8, 4) is 10.6 Å². The van der Waals surface area contributed by atoms with E-state index in [0.717, 1.165) is 10.6 Å². The van der Waals surface area contributed by atoms with Crippen LogP contribution in [0.3, 0.4) is 0 Å². The number of rotatable bonds is 5. The lowest BCUT2D eigenvalue weighted by molar-refractivity contribution is -0.117. The van der Waals surface area contributed by atoms with Crippen LogP contribution in [0.25, 0.3) is 10.6 Å². The maximum atomic E-state index is 13.2. The second-order valence-corrected chi connectivity index (χ2v) is 8.39. The van der Waals surface area contributed by atoms with Gasteiger partial charge in [-0.3, -0.25) is 14.5 Å². The number of aryl methyl sites for hydroxylation is 1. The number of thiazole rings is 1. The number of anilines is 1. The van der Waals surface area contributed by atoms with E-state index in [1.54, 1.807) is 22.4 Å². The molecule has 1 saturated heterocycles. The van der Waals surface area contributed by atoms with Crippen LogP contribution in [0.15, 0.2) is 53.9 Å². The van der Waals surface area contributed by atoms with Gasteiger partial charge in [-0.15, -0.1) is 11.3 Å². The number of carbonyl (C=O) groups is 2. The first-order valence-electron chi connectivity index (χ1n) is 10.1. The molecule has 2 heterocycles. The van der Waals surface area contributed by atoms with E-state index in [4.69, 9.17) is 0 Å². The van der Waals surface area contributed by atoms with Crippen LogP contribution in [0.4, 0.5) is 10.1 Å². The van der Waals surface area contributed by atoms with Crippen LogP contribution in [-0.4, -0.2) is 59.3 Å². The van der Waals surface area contributed by atoms with Crippen molar-refractivity contribution in [2.24, 2.45) is 0 Å². The van der Waals surface area contributed by atoms with Gasteiger partial charge in [0, 0.05) is 42.8 Å². The minimum absolute atomic E-state index is 0.0847. The van der Waals surface area contributed by atoms with Crippen LogP contribution in [0, 0.1) is 12.7 Å². The quantitative estimate of drug-likeness (QED) is 0.660. The zero-order chi connectivity index (χ0) is 21.8. The summed E-state index contributed by atoms with van der Waals surface area (Å²) in [6.07, 6.45) is 0.